The zero-order chi connectivity index (χ0) is 18.1. The second kappa shape index (κ2) is 7.23. The van der Waals surface area contributed by atoms with E-state index >= 15 is 0 Å². The normalized spacial score (nSPS) is 21.4. The van der Waals surface area contributed by atoms with Crippen molar-refractivity contribution in [3.63, 3.8) is 0 Å². The molecule has 2 saturated heterocycles. The van der Waals surface area contributed by atoms with E-state index in [9.17, 15) is 9.18 Å². The summed E-state index contributed by atoms with van der Waals surface area (Å²) in [5.74, 6) is 0.0888. The molecule has 2 aliphatic heterocycles. The van der Waals surface area contributed by atoms with Crippen molar-refractivity contribution < 1.29 is 9.18 Å². The molecule has 26 heavy (non-hydrogen) atoms. The number of piperidine rings is 1. The number of pyridine rings is 1. The van der Waals surface area contributed by atoms with Crippen molar-refractivity contribution in [1.29, 1.82) is 0 Å². The maximum atomic E-state index is 13.4. The predicted molar refractivity (Wildman–Crippen MR) is 97.4 cm³/mol. The number of carbonyl (C=O) groups excluding carboxylic acids is 1. The lowest BCUT2D eigenvalue weighted by Crippen LogP contribution is -2.42. The Bertz CT molecular complexity index is 789. The van der Waals surface area contributed by atoms with Gasteiger partial charge in [-0.3, -0.25) is 9.78 Å². The summed E-state index contributed by atoms with van der Waals surface area (Å²) >= 11 is 5.99. The Morgan fingerprint density at radius 1 is 1.15 bits per heavy atom. The minimum Gasteiger partial charge on any atom is -0.368 e. The van der Waals surface area contributed by atoms with E-state index in [1.165, 1.54) is 0 Å². The van der Waals surface area contributed by atoms with Crippen LogP contribution in [0.25, 0.3) is 5.69 Å². The Hall–Kier alpha value is -2.15. The van der Waals surface area contributed by atoms with Gasteiger partial charge in [-0.05, 0) is 25.3 Å². The van der Waals surface area contributed by atoms with Gasteiger partial charge in [-0.2, -0.15) is 5.10 Å². The van der Waals surface area contributed by atoms with Crippen LogP contribution in [0.1, 0.15) is 19.3 Å². The van der Waals surface area contributed by atoms with Crippen LogP contribution < -0.4 is 4.90 Å². The highest BCUT2D eigenvalue weighted by atomic mass is 35.5. The fraction of sp³-hybridized carbons (Fsp3) is 0.500. The molecule has 2 aromatic rings. The van der Waals surface area contributed by atoms with E-state index in [2.05, 4.69) is 15.0 Å². The van der Waals surface area contributed by atoms with Gasteiger partial charge in [0.05, 0.1) is 35.3 Å². The third kappa shape index (κ3) is 3.40. The number of amides is 1. The van der Waals surface area contributed by atoms with Gasteiger partial charge in [-0.1, -0.05) is 11.6 Å². The lowest BCUT2D eigenvalue weighted by atomic mass is 9.95. The van der Waals surface area contributed by atoms with Crippen molar-refractivity contribution in [2.75, 3.05) is 31.1 Å². The summed E-state index contributed by atoms with van der Waals surface area (Å²) in [7, 11) is 0. The van der Waals surface area contributed by atoms with E-state index < -0.39 is 6.17 Å². The van der Waals surface area contributed by atoms with E-state index in [0.29, 0.717) is 18.0 Å². The van der Waals surface area contributed by atoms with Crippen LogP contribution in [-0.2, 0) is 4.79 Å². The molecule has 8 heteroatoms. The third-order valence-electron chi connectivity index (χ3n) is 5.20. The molecule has 6 nitrogen and oxygen atoms in total. The number of hydrogen-bond acceptors (Lipinski definition) is 4. The van der Waals surface area contributed by atoms with Gasteiger partial charge in [0, 0.05) is 37.9 Å². The smallest absolute Gasteiger partial charge is 0.225 e. The number of rotatable bonds is 3. The molecular weight excluding hydrogens is 357 g/mol. The van der Waals surface area contributed by atoms with Crippen molar-refractivity contribution in [3.05, 3.63) is 35.9 Å². The zero-order valence-electron chi connectivity index (χ0n) is 14.4. The third-order valence-corrected chi connectivity index (χ3v) is 5.40. The highest BCUT2D eigenvalue weighted by molar-refractivity contribution is 6.30. The summed E-state index contributed by atoms with van der Waals surface area (Å²) in [5, 5.41) is 4.86. The first-order chi connectivity index (χ1) is 12.6. The van der Waals surface area contributed by atoms with Crippen LogP contribution in [0.4, 0.5) is 10.1 Å². The Morgan fingerprint density at radius 2 is 1.96 bits per heavy atom. The molecule has 0 aromatic carbocycles. The molecule has 0 N–H and O–H groups in total. The maximum Gasteiger partial charge on any atom is 0.225 e. The monoisotopic (exact) mass is 377 g/mol. The second-order valence-corrected chi connectivity index (χ2v) is 7.34. The molecule has 0 bridgehead atoms. The van der Waals surface area contributed by atoms with Crippen LogP contribution in [-0.4, -0.2) is 57.9 Å². The van der Waals surface area contributed by atoms with E-state index in [0.717, 1.165) is 37.3 Å². The van der Waals surface area contributed by atoms with Crippen LogP contribution in [0.5, 0.6) is 0 Å². The number of carbonyl (C=O) groups is 1. The van der Waals surface area contributed by atoms with E-state index in [-0.39, 0.29) is 18.4 Å². The van der Waals surface area contributed by atoms with Gasteiger partial charge in [0.25, 0.3) is 0 Å². The molecule has 4 rings (SSSR count). The molecule has 0 radical (unpaired) electrons. The molecule has 1 atom stereocenters. The number of likely N-dealkylation sites (tertiary alicyclic amines) is 1. The molecule has 2 aliphatic rings. The summed E-state index contributed by atoms with van der Waals surface area (Å²) in [6.07, 6.45) is 8.05. The van der Waals surface area contributed by atoms with Gasteiger partial charge in [-0.15, -0.1) is 0 Å². The average Bonchev–Trinajstić information content (AvgIpc) is 3.30. The molecule has 2 aromatic heterocycles. The molecule has 138 valence electrons. The first kappa shape index (κ1) is 17.3. The lowest BCUT2D eigenvalue weighted by Gasteiger charge is -2.35. The maximum absolute atomic E-state index is 13.4. The highest BCUT2D eigenvalue weighted by Crippen LogP contribution is 2.29. The van der Waals surface area contributed by atoms with Gasteiger partial charge in [0.15, 0.2) is 0 Å². The molecule has 2 fully saturated rings. The predicted octanol–water partition coefficient (Wildman–Crippen LogP) is 2.71. The molecule has 0 aliphatic carbocycles. The zero-order valence-corrected chi connectivity index (χ0v) is 15.1. The molecular formula is C18H21ClFN5O. The van der Waals surface area contributed by atoms with E-state index in [4.69, 9.17) is 11.6 Å². The van der Waals surface area contributed by atoms with Crippen LogP contribution in [0.15, 0.2) is 30.9 Å². The second-order valence-electron chi connectivity index (χ2n) is 6.90. The number of alkyl halides is 1. The molecule has 0 unspecified atom stereocenters. The van der Waals surface area contributed by atoms with Crippen molar-refractivity contribution in [2.24, 2.45) is 5.92 Å². The molecule has 0 spiro atoms. The first-order valence-corrected chi connectivity index (χ1v) is 9.32. The Morgan fingerprint density at radius 3 is 2.62 bits per heavy atom. The summed E-state index contributed by atoms with van der Waals surface area (Å²) in [6.45, 7) is 2.33. The summed E-state index contributed by atoms with van der Waals surface area (Å²) < 4.78 is 15.1. The van der Waals surface area contributed by atoms with Gasteiger partial charge in [-0.25, -0.2) is 9.07 Å². The SMILES string of the molecule is O=C(C1CCN(c2cnccc2-n2cc(Cl)cn2)CC1)N1CC[C@H](F)C1. The Kier molecular flexibility index (Phi) is 4.80. The van der Waals surface area contributed by atoms with Crippen LogP contribution in [0.3, 0.4) is 0 Å². The summed E-state index contributed by atoms with van der Waals surface area (Å²) in [4.78, 5) is 20.7. The largest absolute Gasteiger partial charge is 0.368 e. The first-order valence-electron chi connectivity index (χ1n) is 8.94. The minimum atomic E-state index is -0.863. The van der Waals surface area contributed by atoms with E-state index in [1.807, 2.05) is 12.3 Å². The Balaban J connectivity index is 1.45. The van der Waals surface area contributed by atoms with Gasteiger partial charge < -0.3 is 9.80 Å². The lowest BCUT2D eigenvalue weighted by molar-refractivity contribution is -0.135. The number of halogens is 2. The van der Waals surface area contributed by atoms with Crippen LogP contribution >= 0.6 is 11.6 Å². The summed E-state index contributed by atoms with van der Waals surface area (Å²) in [6, 6.07) is 1.90. The quantitative estimate of drug-likeness (QED) is 0.825. The van der Waals surface area contributed by atoms with Crippen molar-refractivity contribution in [2.45, 2.75) is 25.4 Å². The Labute approximate surface area is 156 Å². The van der Waals surface area contributed by atoms with Gasteiger partial charge in [0.1, 0.15) is 6.17 Å². The number of aromatic nitrogens is 3. The van der Waals surface area contributed by atoms with Crippen LogP contribution in [0, 0.1) is 5.92 Å². The van der Waals surface area contributed by atoms with Crippen molar-refractivity contribution in [1.82, 2.24) is 19.7 Å². The highest BCUT2D eigenvalue weighted by Gasteiger charge is 2.33. The van der Waals surface area contributed by atoms with Gasteiger partial charge in [0.2, 0.25) is 5.91 Å². The molecule has 0 saturated carbocycles. The number of hydrogen-bond donors (Lipinski definition) is 0. The van der Waals surface area contributed by atoms with Crippen molar-refractivity contribution >= 4 is 23.2 Å². The summed E-state index contributed by atoms with van der Waals surface area (Å²) in [5.41, 5.74) is 1.89. The number of anilines is 1. The molecule has 4 heterocycles. The fourth-order valence-corrected chi connectivity index (χ4v) is 3.93. The topological polar surface area (TPSA) is 54.3 Å². The fourth-order valence-electron chi connectivity index (χ4n) is 3.79. The minimum absolute atomic E-state index is 0.0178. The van der Waals surface area contributed by atoms with E-state index in [1.54, 1.807) is 28.2 Å². The van der Waals surface area contributed by atoms with Crippen molar-refractivity contribution in [3.8, 4) is 5.69 Å². The van der Waals surface area contributed by atoms with Crippen LogP contribution in [0.2, 0.25) is 5.02 Å². The number of nitrogens with zero attached hydrogens (tertiary/aromatic N) is 5. The molecule has 1 amide bonds. The standard InChI is InChI=1S/C18H21ClFN5O/c19-14-9-22-25(11-14)16-1-5-21-10-17(16)23-6-2-13(3-7-23)18(26)24-8-4-15(20)12-24/h1,5,9-11,13,15H,2-4,6-8,12H2/t15-/m0/s1. The van der Waals surface area contributed by atoms with Gasteiger partial charge >= 0.3 is 0 Å². The average molecular weight is 378 g/mol.